The van der Waals surface area contributed by atoms with Crippen LogP contribution >= 0.6 is 23.2 Å². The third-order valence-corrected chi connectivity index (χ3v) is 4.29. The van der Waals surface area contributed by atoms with Crippen molar-refractivity contribution in [3.8, 4) is 0 Å². The van der Waals surface area contributed by atoms with Crippen LogP contribution in [0.15, 0.2) is 24.3 Å². The van der Waals surface area contributed by atoms with Crippen molar-refractivity contribution in [2.24, 2.45) is 0 Å². The first-order valence-electron chi connectivity index (χ1n) is 4.79. The Kier molecular flexibility index (Phi) is 5.38. The number of rotatable bonds is 6. The summed E-state index contributed by atoms with van der Waals surface area (Å²) in [5.74, 6) is 0.252. The maximum absolute atomic E-state index is 11.3. The Morgan fingerprint density at radius 1 is 1.12 bits per heavy atom. The molecule has 16 heavy (non-hydrogen) atoms. The average Bonchev–Trinajstić information content (AvgIpc) is 2.20. The smallest absolute Gasteiger partial charge is 0.153 e. The second-order valence-electron chi connectivity index (χ2n) is 3.27. The van der Waals surface area contributed by atoms with Gasteiger partial charge in [0.25, 0.3) is 0 Å². The summed E-state index contributed by atoms with van der Waals surface area (Å²) in [4.78, 5) is 0. The second kappa shape index (κ2) is 6.33. The molecule has 0 aliphatic carbocycles. The molecule has 0 atom stereocenters. The minimum absolute atomic E-state index is 0.0247. The zero-order chi connectivity index (χ0) is 12.0. The van der Waals surface area contributed by atoms with Crippen molar-refractivity contribution in [2.45, 2.75) is 0 Å². The van der Waals surface area contributed by atoms with Crippen molar-refractivity contribution in [1.82, 2.24) is 0 Å². The molecule has 0 saturated heterocycles. The van der Waals surface area contributed by atoms with Crippen LogP contribution in [0.2, 0.25) is 5.02 Å². The first kappa shape index (κ1) is 13.6. The van der Waals surface area contributed by atoms with Gasteiger partial charge in [0.15, 0.2) is 9.84 Å². The molecule has 0 radical (unpaired) electrons. The maximum Gasteiger partial charge on any atom is 0.153 e. The normalized spacial score (nSPS) is 11.4. The number of alkyl halides is 1. The molecule has 3 nitrogen and oxygen atoms in total. The molecule has 1 aromatic carbocycles. The van der Waals surface area contributed by atoms with E-state index < -0.39 is 9.84 Å². The van der Waals surface area contributed by atoms with Gasteiger partial charge in [-0.2, -0.15) is 0 Å². The van der Waals surface area contributed by atoms with Gasteiger partial charge in [-0.3, -0.25) is 0 Å². The summed E-state index contributed by atoms with van der Waals surface area (Å²) in [6.07, 6.45) is 0. The van der Waals surface area contributed by atoms with Crippen LogP contribution in [-0.4, -0.2) is 32.3 Å². The van der Waals surface area contributed by atoms with Gasteiger partial charge in [0, 0.05) is 23.1 Å². The molecule has 0 fully saturated rings. The lowest BCUT2D eigenvalue weighted by Crippen LogP contribution is -2.19. The van der Waals surface area contributed by atoms with Crippen LogP contribution in [-0.2, 0) is 9.84 Å². The van der Waals surface area contributed by atoms with E-state index in [1.807, 2.05) is 0 Å². The first-order chi connectivity index (χ1) is 7.53. The fourth-order valence-electron chi connectivity index (χ4n) is 1.14. The SMILES string of the molecule is O=S(=O)(CCCl)CCNc1ccc(Cl)cc1. The number of halogens is 2. The van der Waals surface area contributed by atoms with Gasteiger partial charge in [-0.05, 0) is 24.3 Å². The van der Waals surface area contributed by atoms with E-state index in [2.05, 4.69) is 5.32 Å². The molecule has 0 aromatic heterocycles. The molecule has 1 N–H and O–H groups in total. The van der Waals surface area contributed by atoms with Crippen molar-refractivity contribution in [3.63, 3.8) is 0 Å². The monoisotopic (exact) mass is 281 g/mol. The number of anilines is 1. The molecule has 0 saturated carbocycles. The molecule has 0 aliphatic heterocycles. The van der Waals surface area contributed by atoms with E-state index >= 15 is 0 Å². The molecule has 6 heteroatoms. The van der Waals surface area contributed by atoms with Crippen LogP contribution in [0, 0.1) is 0 Å². The predicted molar refractivity (Wildman–Crippen MR) is 69.3 cm³/mol. The molecule has 90 valence electrons. The molecule has 0 unspecified atom stereocenters. The molecule has 1 rings (SSSR count). The zero-order valence-corrected chi connectivity index (χ0v) is 10.9. The number of benzene rings is 1. The lowest BCUT2D eigenvalue weighted by molar-refractivity contribution is 0.598. The minimum Gasteiger partial charge on any atom is -0.384 e. The van der Waals surface area contributed by atoms with Crippen LogP contribution in [0.4, 0.5) is 5.69 Å². The van der Waals surface area contributed by atoms with Crippen LogP contribution < -0.4 is 5.32 Å². The summed E-state index contributed by atoms with van der Waals surface area (Å²) < 4.78 is 22.7. The van der Waals surface area contributed by atoms with E-state index in [0.29, 0.717) is 11.6 Å². The Labute approximate surface area is 106 Å². The van der Waals surface area contributed by atoms with E-state index in [0.717, 1.165) is 5.69 Å². The van der Waals surface area contributed by atoms with Gasteiger partial charge in [-0.15, -0.1) is 11.6 Å². The fourth-order valence-corrected chi connectivity index (χ4v) is 2.82. The highest BCUT2D eigenvalue weighted by Gasteiger charge is 2.08. The van der Waals surface area contributed by atoms with Crippen LogP contribution in [0.25, 0.3) is 0 Å². The van der Waals surface area contributed by atoms with Crippen molar-refractivity contribution < 1.29 is 8.42 Å². The van der Waals surface area contributed by atoms with E-state index in [1.54, 1.807) is 24.3 Å². The van der Waals surface area contributed by atoms with Gasteiger partial charge in [-0.25, -0.2) is 8.42 Å². The van der Waals surface area contributed by atoms with Gasteiger partial charge >= 0.3 is 0 Å². The third-order valence-electron chi connectivity index (χ3n) is 1.97. The van der Waals surface area contributed by atoms with Gasteiger partial charge in [0.05, 0.1) is 11.5 Å². The minimum atomic E-state index is -3.03. The molecular formula is C10H13Cl2NO2S. The van der Waals surface area contributed by atoms with Crippen molar-refractivity contribution >= 4 is 38.7 Å². The summed E-state index contributed by atoms with van der Waals surface area (Å²) >= 11 is 11.1. The molecule has 1 aromatic rings. The van der Waals surface area contributed by atoms with E-state index in [4.69, 9.17) is 23.2 Å². The Hall–Kier alpha value is -0.450. The number of sulfone groups is 1. The van der Waals surface area contributed by atoms with Gasteiger partial charge < -0.3 is 5.32 Å². The quantitative estimate of drug-likeness (QED) is 0.815. The molecule has 0 heterocycles. The topological polar surface area (TPSA) is 46.2 Å². The van der Waals surface area contributed by atoms with E-state index in [-0.39, 0.29) is 17.4 Å². The Morgan fingerprint density at radius 3 is 2.31 bits per heavy atom. The zero-order valence-electron chi connectivity index (χ0n) is 8.62. The molecule has 0 bridgehead atoms. The Morgan fingerprint density at radius 2 is 1.75 bits per heavy atom. The summed E-state index contributed by atoms with van der Waals surface area (Å²) in [6, 6.07) is 7.10. The van der Waals surface area contributed by atoms with Gasteiger partial charge in [-0.1, -0.05) is 11.6 Å². The molecular weight excluding hydrogens is 269 g/mol. The molecule has 0 spiro atoms. The summed E-state index contributed by atoms with van der Waals surface area (Å²) in [7, 11) is -3.03. The standard InChI is InChI=1S/C10H13Cl2NO2S/c11-5-7-16(14,15)8-6-13-10-3-1-9(12)2-4-10/h1-4,13H,5-8H2. The first-order valence-corrected chi connectivity index (χ1v) is 7.53. The van der Waals surface area contributed by atoms with Gasteiger partial charge in [0.1, 0.15) is 0 Å². The van der Waals surface area contributed by atoms with Crippen LogP contribution in [0.1, 0.15) is 0 Å². The molecule has 0 amide bonds. The van der Waals surface area contributed by atoms with Crippen LogP contribution in [0.3, 0.4) is 0 Å². The summed E-state index contributed by atoms with van der Waals surface area (Å²) in [6.45, 7) is 0.376. The van der Waals surface area contributed by atoms with E-state index in [1.165, 1.54) is 0 Å². The summed E-state index contributed by atoms with van der Waals surface area (Å²) in [5, 5.41) is 3.66. The number of nitrogens with one attached hydrogen (secondary N) is 1. The van der Waals surface area contributed by atoms with E-state index in [9.17, 15) is 8.42 Å². The van der Waals surface area contributed by atoms with Crippen molar-refractivity contribution in [3.05, 3.63) is 29.3 Å². The fraction of sp³-hybridized carbons (Fsp3) is 0.400. The van der Waals surface area contributed by atoms with Crippen molar-refractivity contribution in [2.75, 3.05) is 29.2 Å². The van der Waals surface area contributed by atoms with Gasteiger partial charge in [0.2, 0.25) is 0 Å². The highest BCUT2D eigenvalue weighted by Crippen LogP contribution is 2.12. The highest BCUT2D eigenvalue weighted by atomic mass is 35.5. The third kappa shape index (κ3) is 5.05. The second-order valence-corrected chi connectivity index (χ2v) is 6.39. The highest BCUT2D eigenvalue weighted by molar-refractivity contribution is 7.91. The summed E-state index contributed by atoms with van der Waals surface area (Å²) in [5.41, 5.74) is 0.852. The lowest BCUT2D eigenvalue weighted by Gasteiger charge is -2.06. The number of hydrogen-bond acceptors (Lipinski definition) is 3. The van der Waals surface area contributed by atoms with Crippen molar-refractivity contribution in [1.29, 1.82) is 0 Å². The Balaban J connectivity index is 2.39. The molecule has 0 aliphatic rings. The lowest BCUT2D eigenvalue weighted by atomic mass is 10.3. The predicted octanol–water partition coefficient (Wildman–Crippen LogP) is 2.41. The maximum atomic E-state index is 11.3. The average molecular weight is 282 g/mol. The number of hydrogen-bond donors (Lipinski definition) is 1. The van der Waals surface area contributed by atoms with Crippen LogP contribution in [0.5, 0.6) is 0 Å². The largest absolute Gasteiger partial charge is 0.384 e. The Bertz CT molecular complexity index is 417.